The van der Waals surface area contributed by atoms with Crippen molar-refractivity contribution in [3.8, 4) is 5.75 Å². The fourth-order valence-corrected chi connectivity index (χ4v) is 3.83. The molecule has 0 saturated carbocycles. The molecule has 1 aromatic carbocycles. The number of H-pyrrole nitrogens is 1. The minimum absolute atomic E-state index is 0.0637. The van der Waals surface area contributed by atoms with Crippen LogP contribution in [0.4, 0.5) is 0 Å². The minimum atomic E-state index is 0.0637. The first-order valence-electron chi connectivity index (χ1n) is 9.30. The van der Waals surface area contributed by atoms with Gasteiger partial charge in [-0.25, -0.2) is 0 Å². The number of fused-ring (bicyclic) bond motifs is 1. The summed E-state index contributed by atoms with van der Waals surface area (Å²) in [6.45, 7) is 4.68. The zero-order valence-corrected chi connectivity index (χ0v) is 15.3. The molecule has 1 fully saturated rings. The molecule has 1 unspecified atom stereocenters. The van der Waals surface area contributed by atoms with E-state index in [0.29, 0.717) is 6.04 Å². The number of aromatic nitrogens is 1. The van der Waals surface area contributed by atoms with E-state index in [0.717, 1.165) is 38.1 Å². The maximum absolute atomic E-state index is 10.9. The monoisotopic (exact) mass is 343 g/mol. The van der Waals surface area contributed by atoms with E-state index in [1.54, 1.807) is 14.0 Å². The molecule has 5 heteroatoms. The number of unbranched alkanes of at least 4 members (excludes halogenated alkanes) is 1. The van der Waals surface area contributed by atoms with Crippen molar-refractivity contribution in [2.75, 3.05) is 26.7 Å². The predicted molar refractivity (Wildman–Crippen MR) is 101 cm³/mol. The molecule has 136 valence electrons. The van der Waals surface area contributed by atoms with Gasteiger partial charge in [0.15, 0.2) is 0 Å². The van der Waals surface area contributed by atoms with Crippen molar-refractivity contribution in [1.29, 1.82) is 0 Å². The first-order valence-corrected chi connectivity index (χ1v) is 9.30. The van der Waals surface area contributed by atoms with E-state index >= 15 is 0 Å². The van der Waals surface area contributed by atoms with Crippen LogP contribution in [-0.2, 0) is 11.2 Å². The van der Waals surface area contributed by atoms with Crippen LogP contribution in [0.1, 0.15) is 38.2 Å². The third-order valence-electron chi connectivity index (χ3n) is 5.18. The Morgan fingerprint density at radius 1 is 1.40 bits per heavy atom. The van der Waals surface area contributed by atoms with Crippen LogP contribution in [0.3, 0.4) is 0 Å². The smallest absolute Gasteiger partial charge is 0.216 e. The first-order chi connectivity index (χ1) is 12.2. The molecule has 0 aliphatic carbocycles. The maximum Gasteiger partial charge on any atom is 0.216 e. The summed E-state index contributed by atoms with van der Waals surface area (Å²) in [7, 11) is 1.72. The van der Waals surface area contributed by atoms with E-state index in [1.165, 1.54) is 35.9 Å². The van der Waals surface area contributed by atoms with Gasteiger partial charge in [0.05, 0.1) is 7.11 Å². The molecule has 2 heterocycles. The van der Waals surface area contributed by atoms with Crippen molar-refractivity contribution in [3.63, 3.8) is 0 Å². The number of ether oxygens (including phenoxy) is 1. The van der Waals surface area contributed by atoms with Crippen molar-refractivity contribution < 1.29 is 9.53 Å². The Morgan fingerprint density at radius 3 is 3.08 bits per heavy atom. The Balaban J connectivity index is 1.57. The van der Waals surface area contributed by atoms with Gasteiger partial charge in [0.1, 0.15) is 5.75 Å². The predicted octanol–water partition coefficient (Wildman–Crippen LogP) is 3.10. The molecule has 1 aromatic heterocycles. The van der Waals surface area contributed by atoms with E-state index in [-0.39, 0.29) is 5.91 Å². The number of hydrogen-bond donors (Lipinski definition) is 2. The van der Waals surface area contributed by atoms with Gasteiger partial charge >= 0.3 is 0 Å². The lowest BCUT2D eigenvalue weighted by Crippen LogP contribution is -2.32. The minimum Gasteiger partial charge on any atom is -0.497 e. The van der Waals surface area contributed by atoms with E-state index < -0.39 is 0 Å². The highest BCUT2D eigenvalue weighted by atomic mass is 16.5. The number of benzene rings is 1. The van der Waals surface area contributed by atoms with Crippen LogP contribution >= 0.6 is 0 Å². The topological polar surface area (TPSA) is 57.4 Å². The van der Waals surface area contributed by atoms with Crippen LogP contribution in [0, 0.1) is 0 Å². The molecule has 25 heavy (non-hydrogen) atoms. The number of nitrogens with one attached hydrogen (secondary N) is 2. The molecule has 0 bridgehead atoms. The van der Waals surface area contributed by atoms with Crippen molar-refractivity contribution in [2.45, 2.75) is 45.1 Å². The summed E-state index contributed by atoms with van der Waals surface area (Å²) < 4.78 is 5.38. The molecule has 5 nitrogen and oxygen atoms in total. The maximum atomic E-state index is 10.9. The van der Waals surface area contributed by atoms with Gasteiger partial charge in [0.25, 0.3) is 0 Å². The summed E-state index contributed by atoms with van der Waals surface area (Å²) >= 11 is 0. The average molecular weight is 343 g/mol. The van der Waals surface area contributed by atoms with Crippen LogP contribution in [0.5, 0.6) is 5.75 Å². The third kappa shape index (κ3) is 4.54. The first kappa shape index (κ1) is 17.8. The zero-order valence-electron chi connectivity index (χ0n) is 15.3. The SMILES string of the molecule is COc1ccc2[nH]cc(CC3CCCN3CCCCNC(C)=O)c2c1. The molecule has 1 atom stereocenters. The zero-order chi connectivity index (χ0) is 17.6. The second-order valence-corrected chi connectivity index (χ2v) is 6.95. The normalized spacial score (nSPS) is 17.9. The number of carbonyl (C=O) groups is 1. The lowest BCUT2D eigenvalue weighted by atomic mass is 10.0. The molecular weight excluding hydrogens is 314 g/mol. The quantitative estimate of drug-likeness (QED) is 0.724. The Morgan fingerprint density at radius 2 is 2.28 bits per heavy atom. The van der Waals surface area contributed by atoms with Gasteiger partial charge in [-0.15, -0.1) is 0 Å². The summed E-state index contributed by atoms with van der Waals surface area (Å²) in [5, 5.41) is 4.15. The van der Waals surface area contributed by atoms with E-state index in [9.17, 15) is 4.79 Å². The van der Waals surface area contributed by atoms with Crippen LogP contribution in [0.2, 0.25) is 0 Å². The van der Waals surface area contributed by atoms with Crippen LogP contribution in [0.25, 0.3) is 10.9 Å². The van der Waals surface area contributed by atoms with E-state index in [2.05, 4.69) is 33.5 Å². The number of likely N-dealkylation sites (tertiary alicyclic amines) is 1. The number of aromatic amines is 1. The van der Waals surface area contributed by atoms with E-state index in [4.69, 9.17) is 4.74 Å². The number of rotatable bonds is 8. The van der Waals surface area contributed by atoms with Gasteiger partial charge in [-0.2, -0.15) is 0 Å². The molecule has 0 radical (unpaired) electrons. The highest BCUT2D eigenvalue weighted by molar-refractivity contribution is 5.84. The fraction of sp³-hybridized carbons (Fsp3) is 0.550. The van der Waals surface area contributed by atoms with Gasteiger partial charge in [0.2, 0.25) is 5.91 Å². The Hall–Kier alpha value is -2.01. The molecule has 0 spiro atoms. The molecule has 1 aliphatic rings. The Bertz CT molecular complexity index is 710. The molecule has 1 aliphatic heterocycles. The van der Waals surface area contributed by atoms with Crippen molar-refractivity contribution >= 4 is 16.8 Å². The van der Waals surface area contributed by atoms with Crippen molar-refractivity contribution in [1.82, 2.24) is 15.2 Å². The largest absolute Gasteiger partial charge is 0.497 e. The lowest BCUT2D eigenvalue weighted by Gasteiger charge is -2.24. The summed E-state index contributed by atoms with van der Waals surface area (Å²) in [5.74, 6) is 0.975. The second kappa shape index (κ2) is 8.39. The second-order valence-electron chi connectivity index (χ2n) is 6.95. The van der Waals surface area contributed by atoms with Crippen LogP contribution < -0.4 is 10.1 Å². The van der Waals surface area contributed by atoms with Crippen molar-refractivity contribution in [3.05, 3.63) is 30.0 Å². The summed E-state index contributed by atoms with van der Waals surface area (Å²) in [5.41, 5.74) is 2.56. The number of nitrogens with zero attached hydrogens (tertiary/aromatic N) is 1. The van der Waals surface area contributed by atoms with Gasteiger partial charge < -0.3 is 19.9 Å². The van der Waals surface area contributed by atoms with Gasteiger partial charge in [-0.05, 0) is 69.0 Å². The Labute approximate surface area is 149 Å². The highest BCUT2D eigenvalue weighted by Crippen LogP contribution is 2.28. The Kier molecular flexibility index (Phi) is 5.97. The molecular formula is C20H29N3O2. The third-order valence-corrected chi connectivity index (χ3v) is 5.18. The van der Waals surface area contributed by atoms with E-state index in [1.807, 2.05) is 6.07 Å². The molecule has 1 saturated heterocycles. The molecule has 2 aromatic rings. The standard InChI is InChI=1S/C20H29N3O2/c1-15(24)21-9-3-4-10-23-11-5-6-17(23)12-16-14-22-20-8-7-18(25-2)13-19(16)20/h7-8,13-14,17,22H,3-6,9-12H2,1-2H3,(H,21,24). The number of carbonyl (C=O) groups excluding carboxylic acids is 1. The highest BCUT2D eigenvalue weighted by Gasteiger charge is 2.25. The van der Waals surface area contributed by atoms with Gasteiger partial charge in [0, 0.05) is 36.6 Å². The number of amides is 1. The van der Waals surface area contributed by atoms with Gasteiger partial charge in [-0.3, -0.25) is 4.79 Å². The van der Waals surface area contributed by atoms with Crippen LogP contribution in [-0.4, -0.2) is 48.6 Å². The van der Waals surface area contributed by atoms with Crippen LogP contribution in [0.15, 0.2) is 24.4 Å². The summed E-state index contributed by atoms with van der Waals surface area (Å²) in [4.78, 5) is 16.9. The summed E-state index contributed by atoms with van der Waals surface area (Å²) in [6.07, 6.45) is 7.96. The average Bonchev–Trinajstić information content (AvgIpc) is 3.21. The fourth-order valence-electron chi connectivity index (χ4n) is 3.83. The molecule has 2 N–H and O–H groups in total. The van der Waals surface area contributed by atoms with Gasteiger partial charge in [-0.1, -0.05) is 0 Å². The summed E-state index contributed by atoms with van der Waals surface area (Å²) in [6, 6.07) is 6.84. The number of hydrogen-bond acceptors (Lipinski definition) is 3. The molecule has 1 amide bonds. The number of methoxy groups -OCH3 is 1. The van der Waals surface area contributed by atoms with Crippen molar-refractivity contribution in [2.24, 2.45) is 0 Å². The molecule has 3 rings (SSSR count). The lowest BCUT2D eigenvalue weighted by molar-refractivity contribution is -0.118.